The van der Waals surface area contributed by atoms with Crippen molar-refractivity contribution in [2.45, 2.75) is 13.5 Å². The third-order valence-corrected chi connectivity index (χ3v) is 4.18. The average Bonchev–Trinajstić information content (AvgIpc) is 3.22. The van der Waals surface area contributed by atoms with Crippen molar-refractivity contribution in [1.29, 1.82) is 0 Å². The van der Waals surface area contributed by atoms with E-state index in [1.165, 1.54) is 4.90 Å². The Morgan fingerprint density at radius 1 is 1.14 bits per heavy atom. The number of carbonyl (C=O) groups is 3. The van der Waals surface area contributed by atoms with E-state index in [4.69, 9.17) is 9.47 Å². The molecule has 1 aromatic rings. The van der Waals surface area contributed by atoms with Crippen LogP contribution >= 0.6 is 0 Å². The van der Waals surface area contributed by atoms with Gasteiger partial charge < -0.3 is 9.47 Å². The molecule has 0 bridgehead atoms. The fraction of sp³-hybridized carbons (Fsp3) is 0.438. The third-order valence-electron chi connectivity index (χ3n) is 4.18. The summed E-state index contributed by atoms with van der Waals surface area (Å²) >= 11 is 0. The van der Waals surface area contributed by atoms with Crippen LogP contribution in [0.5, 0.6) is 5.75 Å². The summed E-state index contributed by atoms with van der Waals surface area (Å²) in [5, 5.41) is 0. The van der Waals surface area contributed by atoms with Crippen molar-refractivity contribution in [1.82, 2.24) is 4.90 Å². The number of nitrogens with zero attached hydrogens (tertiary/aromatic N) is 1. The Morgan fingerprint density at radius 3 is 2.23 bits per heavy atom. The minimum Gasteiger partial charge on any atom is -0.497 e. The van der Waals surface area contributed by atoms with Crippen molar-refractivity contribution < 1.29 is 23.9 Å². The highest BCUT2D eigenvalue weighted by atomic mass is 16.5. The van der Waals surface area contributed by atoms with Crippen LogP contribution in [0.2, 0.25) is 0 Å². The Labute approximate surface area is 128 Å². The molecule has 1 saturated carbocycles. The molecule has 1 aliphatic heterocycles. The van der Waals surface area contributed by atoms with Crippen molar-refractivity contribution in [3.63, 3.8) is 0 Å². The lowest BCUT2D eigenvalue weighted by molar-refractivity contribution is -0.152. The molecule has 0 radical (unpaired) electrons. The SMILES string of the molecule is CCOC(=O)C1[C@H]2C(=O)N(Cc3ccc(OC)cc3)C(=O)[C@@H]12. The number of esters is 1. The molecule has 1 heterocycles. The lowest BCUT2D eigenvalue weighted by Gasteiger charge is -2.18. The molecule has 0 N–H and O–H groups in total. The normalized spacial score (nSPS) is 25.9. The number of amides is 2. The van der Waals surface area contributed by atoms with E-state index in [-0.39, 0.29) is 25.0 Å². The number of ether oxygens (including phenoxy) is 2. The molecule has 0 aromatic heterocycles. The second-order valence-corrected chi connectivity index (χ2v) is 5.44. The van der Waals surface area contributed by atoms with Crippen molar-refractivity contribution in [2.75, 3.05) is 13.7 Å². The Bertz CT molecular complexity index is 602. The standard InChI is InChI=1S/C16H17NO5/c1-3-22-16(20)13-11-12(13)15(19)17(14(11)18)8-9-4-6-10(21-2)7-5-9/h4-7,11-13H,3,8H2,1-2H3/t11-,12+,13?. The van der Waals surface area contributed by atoms with Crippen LogP contribution in [0.15, 0.2) is 24.3 Å². The maximum Gasteiger partial charge on any atom is 0.310 e. The molecule has 0 spiro atoms. The Hall–Kier alpha value is -2.37. The number of methoxy groups -OCH3 is 1. The molecule has 6 nitrogen and oxygen atoms in total. The summed E-state index contributed by atoms with van der Waals surface area (Å²) in [5.74, 6) is -1.90. The van der Waals surface area contributed by atoms with Crippen LogP contribution in [0.3, 0.4) is 0 Å². The molecule has 1 aromatic carbocycles. The van der Waals surface area contributed by atoms with Crippen LogP contribution in [-0.4, -0.2) is 36.4 Å². The number of fused-ring (bicyclic) bond motifs is 1. The van der Waals surface area contributed by atoms with Crippen LogP contribution in [0.4, 0.5) is 0 Å². The zero-order valence-corrected chi connectivity index (χ0v) is 12.4. The highest BCUT2D eigenvalue weighted by Crippen LogP contribution is 2.54. The summed E-state index contributed by atoms with van der Waals surface area (Å²) in [6.45, 7) is 2.19. The zero-order chi connectivity index (χ0) is 15.9. The van der Waals surface area contributed by atoms with Gasteiger partial charge in [0.1, 0.15) is 5.75 Å². The topological polar surface area (TPSA) is 72.9 Å². The van der Waals surface area contributed by atoms with Gasteiger partial charge in [0, 0.05) is 0 Å². The Kier molecular flexibility index (Phi) is 3.60. The highest BCUT2D eigenvalue weighted by molar-refractivity contribution is 6.13. The van der Waals surface area contributed by atoms with Crippen LogP contribution in [-0.2, 0) is 25.7 Å². The molecule has 22 heavy (non-hydrogen) atoms. The van der Waals surface area contributed by atoms with E-state index >= 15 is 0 Å². The highest BCUT2D eigenvalue weighted by Gasteiger charge is 2.70. The number of rotatable bonds is 5. The van der Waals surface area contributed by atoms with E-state index in [2.05, 4.69) is 0 Å². The summed E-state index contributed by atoms with van der Waals surface area (Å²) in [7, 11) is 1.57. The van der Waals surface area contributed by atoms with Crippen molar-refractivity contribution in [3.05, 3.63) is 29.8 Å². The van der Waals surface area contributed by atoms with Gasteiger partial charge in [-0.25, -0.2) is 0 Å². The van der Waals surface area contributed by atoms with Crippen LogP contribution in [0, 0.1) is 17.8 Å². The van der Waals surface area contributed by atoms with Gasteiger partial charge in [-0.1, -0.05) is 12.1 Å². The molecule has 116 valence electrons. The molecule has 2 aliphatic rings. The van der Waals surface area contributed by atoms with E-state index in [0.29, 0.717) is 5.75 Å². The van der Waals surface area contributed by atoms with E-state index in [1.807, 2.05) is 12.1 Å². The maximum atomic E-state index is 12.3. The molecule has 3 rings (SSSR count). The number of hydrogen-bond donors (Lipinski definition) is 0. The first kappa shape index (κ1) is 14.6. The van der Waals surface area contributed by atoms with Crippen molar-refractivity contribution >= 4 is 17.8 Å². The first-order valence-electron chi connectivity index (χ1n) is 7.23. The molecular weight excluding hydrogens is 286 g/mol. The second-order valence-electron chi connectivity index (χ2n) is 5.44. The lowest BCUT2D eigenvalue weighted by Crippen LogP contribution is -2.35. The second kappa shape index (κ2) is 5.44. The number of benzene rings is 1. The number of imide groups is 1. The van der Waals surface area contributed by atoms with Crippen molar-refractivity contribution in [3.8, 4) is 5.75 Å². The number of piperidine rings is 1. The fourth-order valence-electron chi connectivity index (χ4n) is 2.99. The van der Waals surface area contributed by atoms with Crippen LogP contribution in [0.1, 0.15) is 12.5 Å². The van der Waals surface area contributed by atoms with Crippen molar-refractivity contribution in [2.24, 2.45) is 17.8 Å². The first-order chi connectivity index (χ1) is 10.6. The lowest BCUT2D eigenvalue weighted by atomic mass is 10.2. The van der Waals surface area contributed by atoms with Gasteiger partial charge in [-0.2, -0.15) is 0 Å². The number of carbonyl (C=O) groups excluding carboxylic acids is 3. The summed E-state index contributed by atoms with van der Waals surface area (Å²) in [4.78, 5) is 37.5. The fourth-order valence-corrected chi connectivity index (χ4v) is 2.99. The van der Waals surface area contributed by atoms with Crippen LogP contribution < -0.4 is 4.74 Å². The average molecular weight is 303 g/mol. The van der Waals surface area contributed by atoms with E-state index in [9.17, 15) is 14.4 Å². The largest absolute Gasteiger partial charge is 0.497 e. The van der Waals surface area contributed by atoms with Gasteiger partial charge in [0.25, 0.3) is 0 Å². The minimum atomic E-state index is -0.577. The number of likely N-dealkylation sites (tertiary alicyclic amines) is 1. The summed E-state index contributed by atoms with van der Waals surface area (Å²) in [6.07, 6.45) is 0. The smallest absolute Gasteiger partial charge is 0.310 e. The molecule has 1 saturated heterocycles. The first-order valence-corrected chi connectivity index (χ1v) is 7.23. The van der Waals surface area contributed by atoms with E-state index < -0.39 is 23.7 Å². The van der Waals surface area contributed by atoms with Crippen LogP contribution in [0.25, 0.3) is 0 Å². The van der Waals surface area contributed by atoms with Gasteiger partial charge in [0.05, 0.1) is 38.0 Å². The van der Waals surface area contributed by atoms with Gasteiger partial charge in [0.15, 0.2) is 0 Å². The molecular formula is C16H17NO5. The summed E-state index contributed by atoms with van der Waals surface area (Å²) in [5.41, 5.74) is 0.844. The predicted octanol–water partition coefficient (Wildman–Crippen LogP) is 0.989. The van der Waals surface area contributed by atoms with Gasteiger partial charge in [-0.15, -0.1) is 0 Å². The van der Waals surface area contributed by atoms with Gasteiger partial charge in [-0.05, 0) is 24.6 Å². The third kappa shape index (κ3) is 2.24. The maximum absolute atomic E-state index is 12.3. The number of hydrogen-bond acceptors (Lipinski definition) is 5. The quantitative estimate of drug-likeness (QED) is 0.599. The summed E-state index contributed by atoms with van der Waals surface area (Å²) in [6, 6.07) is 7.18. The van der Waals surface area contributed by atoms with E-state index in [1.54, 1.807) is 26.2 Å². The molecule has 3 atom stereocenters. The Balaban J connectivity index is 1.67. The zero-order valence-electron chi connectivity index (χ0n) is 12.4. The van der Waals surface area contributed by atoms with Gasteiger partial charge >= 0.3 is 5.97 Å². The summed E-state index contributed by atoms with van der Waals surface area (Å²) < 4.78 is 9.97. The molecule has 1 aliphatic carbocycles. The van der Waals surface area contributed by atoms with Gasteiger partial charge in [0.2, 0.25) is 11.8 Å². The van der Waals surface area contributed by atoms with E-state index in [0.717, 1.165) is 5.56 Å². The Morgan fingerprint density at radius 2 is 1.73 bits per heavy atom. The predicted molar refractivity (Wildman–Crippen MR) is 75.7 cm³/mol. The monoisotopic (exact) mass is 303 g/mol. The molecule has 2 fully saturated rings. The molecule has 2 amide bonds. The molecule has 1 unspecified atom stereocenters. The molecule has 6 heteroatoms. The van der Waals surface area contributed by atoms with Gasteiger partial charge in [-0.3, -0.25) is 19.3 Å². The minimum absolute atomic E-state index is 0.226.